The van der Waals surface area contributed by atoms with Gasteiger partial charge >= 0.3 is 6.18 Å². The number of alkyl halides is 3. The molecule has 140 valence electrons. The molecule has 0 bridgehead atoms. The first-order valence-electron chi connectivity index (χ1n) is 8.82. The Hall–Kier alpha value is -2.21. The lowest BCUT2D eigenvalue weighted by molar-refractivity contribution is -0.137. The van der Waals surface area contributed by atoms with Crippen molar-refractivity contribution in [1.82, 2.24) is 4.90 Å². The highest BCUT2D eigenvalue weighted by Crippen LogP contribution is 2.31. The zero-order valence-corrected chi connectivity index (χ0v) is 14.8. The van der Waals surface area contributed by atoms with Gasteiger partial charge in [0.2, 0.25) is 0 Å². The Morgan fingerprint density at radius 1 is 0.962 bits per heavy atom. The van der Waals surface area contributed by atoms with Crippen LogP contribution in [-0.2, 0) is 12.7 Å². The second-order valence-corrected chi connectivity index (χ2v) is 6.36. The van der Waals surface area contributed by atoms with Crippen molar-refractivity contribution >= 4 is 5.69 Å². The smallest absolute Gasteiger partial charge is 0.416 e. The summed E-state index contributed by atoms with van der Waals surface area (Å²) in [5.74, 6) is 0.876. The van der Waals surface area contributed by atoms with Crippen molar-refractivity contribution in [2.75, 3.05) is 37.7 Å². The molecule has 0 amide bonds. The Bertz CT molecular complexity index is 725. The largest absolute Gasteiger partial charge is 0.492 e. The summed E-state index contributed by atoms with van der Waals surface area (Å²) < 4.78 is 44.3. The molecule has 1 fully saturated rings. The molecule has 1 heterocycles. The number of benzene rings is 2. The normalized spacial score (nSPS) is 15.9. The van der Waals surface area contributed by atoms with Gasteiger partial charge in [-0.2, -0.15) is 13.2 Å². The van der Waals surface area contributed by atoms with E-state index in [4.69, 9.17) is 4.74 Å². The predicted molar refractivity (Wildman–Crippen MR) is 96.5 cm³/mol. The Morgan fingerprint density at radius 2 is 1.69 bits per heavy atom. The van der Waals surface area contributed by atoms with Crippen LogP contribution in [0.25, 0.3) is 0 Å². The van der Waals surface area contributed by atoms with Crippen molar-refractivity contribution in [3.8, 4) is 5.75 Å². The van der Waals surface area contributed by atoms with Gasteiger partial charge in [-0.3, -0.25) is 4.90 Å². The quantitative estimate of drug-likeness (QED) is 0.781. The summed E-state index contributed by atoms with van der Waals surface area (Å²) in [4.78, 5) is 4.46. The van der Waals surface area contributed by atoms with Crippen LogP contribution in [0.5, 0.6) is 5.75 Å². The minimum Gasteiger partial charge on any atom is -0.492 e. The van der Waals surface area contributed by atoms with Crippen molar-refractivity contribution in [1.29, 1.82) is 0 Å². The number of para-hydroxylation sites is 2. The molecule has 0 aromatic heterocycles. The minimum absolute atomic E-state index is 0.533. The average molecular weight is 364 g/mol. The molecule has 0 spiro atoms. The third-order valence-electron chi connectivity index (χ3n) is 4.54. The first-order valence-corrected chi connectivity index (χ1v) is 8.82. The fourth-order valence-corrected chi connectivity index (χ4v) is 3.25. The van der Waals surface area contributed by atoms with Crippen molar-refractivity contribution in [3.63, 3.8) is 0 Å². The molecule has 1 aliphatic rings. The lowest BCUT2D eigenvalue weighted by Gasteiger charge is -2.36. The van der Waals surface area contributed by atoms with Crippen LogP contribution in [0.1, 0.15) is 18.1 Å². The molecule has 2 aromatic rings. The van der Waals surface area contributed by atoms with Gasteiger partial charge in [-0.15, -0.1) is 0 Å². The number of rotatable bonds is 5. The fraction of sp³-hybridized carbons (Fsp3) is 0.400. The summed E-state index contributed by atoms with van der Waals surface area (Å²) in [6.07, 6.45) is -4.29. The van der Waals surface area contributed by atoms with Gasteiger partial charge in [-0.1, -0.05) is 30.3 Å². The van der Waals surface area contributed by atoms with Gasteiger partial charge in [0, 0.05) is 32.7 Å². The topological polar surface area (TPSA) is 15.7 Å². The lowest BCUT2D eigenvalue weighted by Crippen LogP contribution is -2.46. The molecule has 0 aliphatic carbocycles. The molecule has 6 heteroatoms. The zero-order chi connectivity index (χ0) is 18.6. The van der Waals surface area contributed by atoms with Crippen LogP contribution in [0.15, 0.2) is 48.5 Å². The van der Waals surface area contributed by atoms with Crippen LogP contribution >= 0.6 is 0 Å². The van der Waals surface area contributed by atoms with Crippen molar-refractivity contribution < 1.29 is 17.9 Å². The number of nitrogens with zero attached hydrogens (tertiary/aromatic N) is 2. The maximum Gasteiger partial charge on any atom is 0.416 e. The molecular formula is C20H23F3N2O. The van der Waals surface area contributed by atoms with Crippen molar-refractivity contribution in [2.24, 2.45) is 0 Å². The van der Waals surface area contributed by atoms with Crippen LogP contribution in [0.2, 0.25) is 0 Å². The molecule has 2 aromatic carbocycles. The second kappa shape index (κ2) is 7.99. The van der Waals surface area contributed by atoms with Gasteiger partial charge in [0.25, 0.3) is 0 Å². The number of hydrogen-bond donors (Lipinski definition) is 0. The van der Waals surface area contributed by atoms with Crippen LogP contribution in [-0.4, -0.2) is 37.7 Å². The molecule has 3 rings (SSSR count). The van der Waals surface area contributed by atoms with E-state index in [-0.39, 0.29) is 0 Å². The van der Waals surface area contributed by atoms with E-state index in [1.54, 1.807) is 6.07 Å². The summed E-state index contributed by atoms with van der Waals surface area (Å²) in [7, 11) is 0. The third-order valence-corrected chi connectivity index (χ3v) is 4.54. The van der Waals surface area contributed by atoms with Crippen LogP contribution < -0.4 is 9.64 Å². The van der Waals surface area contributed by atoms with Gasteiger partial charge in [0.15, 0.2) is 0 Å². The van der Waals surface area contributed by atoms with E-state index in [1.165, 1.54) is 12.1 Å². The van der Waals surface area contributed by atoms with Crippen LogP contribution in [0, 0.1) is 0 Å². The van der Waals surface area contributed by atoms with Gasteiger partial charge < -0.3 is 9.64 Å². The van der Waals surface area contributed by atoms with Crippen LogP contribution in [0.4, 0.5) is 18.9 Å². The van der Waals surface area contributed by atoms with E-state index in [0.717, 1.165) is 43.7 Å². The molecular weight excluding hydrogens is 341 g/mol. The maximum absolute atomic E-state index is 12.9. The highest BCUT2D eigenvalue weighted by Gasteiger charge is 2.30. The molecule has 3 nitrogen and oxygen atoms in total. The predicted octanol–water partition coefficient (Wildman–Crippen LogP) is 4.43. The van der Waals surface area contributed by atoms with Crippen molar-refractivity contribution in [3.05, 3.63) is 59.7 Å². The summed E-state index contributed by atoms with van der Waals surface area (Å²) in [6, 6.07) is 13.6. The summed E-state index contributed by atoms with van der Waals surface area (Å²) in [5, 5.41) is 0. The third kappa shape index (κ3) is 4.49. The van der Waals surface area contributed by atoms with Gasteiger partial charge in [0.05, 0.1) is 17.9 Å². The highest BCUT2D eigenvalue weighted by molar-refractivity contribution is 5.58. The monoisotopic (exact) mass is 364 g/mol. The molecule has 0 N–H and O–H groups in total. The minimum atomic E-state index is -4.29. The first-order chi connectivity index (χ1) is 12.5. The van der Waals surface area contributed by atoms with E-state index >= 15 is 0 Å². The van der Waals surface area contributed by atoms with Gasteiger partial charge in [0.1, 0.15) is 5.75 Å². The summed E-state index contributed by atoms with van der Waals surface area (Å²) in [5.41, 5.74) is 1.19. The second-order valence-electron chi connectivity index (χ2n) is 6.36. The molecule has 0 radical (unpaired) electrons. The van der Waals surface area contributed by atoms with Gasteiger partial charge in [-0.25, -0.2) is 0 Å². The van der Waals surface area contributed by atoms with Crippen LogP contribution in [0.3, 0.4) is 0 Å². The number of ether oxygens (including phenoxy) is 1. The SMILES string of the molecule is CCOc1ccccc1N1CCN(Cc2cccc(C(F)(F)F)c2)CC1. The number of piperazine rings is 1. The lowest BCUT2D eigenvalue weighted by atomic mass is 10.1. The molecule has 26 heavy (non-hydrogen) atoms. The van der Waals surface area contributed by atoms with E-state index in [0.29, 0.717) is 18.7 Å². The van der Waals surface area contributed by atoms with Crippen molar-refractivity contribution in [2.45, 2.75) is 19.6 Å². The fourth-order valence-electron chi connectivity index (χ4n) is 3.25. The van der Waals surface area contributed by atoms with E-state index in [9.17, 15) is 13.2 Å². The Balaban J connectivity index is 1.61. The number of anilines is 1. The molecule has 0 atom stereocenters. The van der Waals surface area contributed by atoms with E-state index in [1.807, 2.05) is 31.2 Å². The summed E-state index contributed by atoms with van der Waals surface area (Å²) >= 11 is 0. The number of hydrogen-bond acceptors (Lipinski definition) is 3. The maximum atomic E-state index is 12.9. The molecule has 1 aliphatic heterocycles. The number of halogens is 3. The molecule has 1 saturated heterocycles. The Kier molecular flexibility index (Phi) is 5.71. The van der Waals surface area contributed by atoms with Gasteiger partial charge in [-0.05, 0) is 30.7 Å². The van der Waals surface area contributed by atoms with E-state index in [2.05, 4.69) is 9.80 Å². The highest BCUT2D eigenvalue weighted by atomic mass is 19.4. The zero-order valence-electron chi connectivity index (χ0n) is 14.8. The molecule has 0 saturated carbocycles. The van der Waals surface area contributed by atoms with E-state index < -0.39 is 11.7 Å². The Morgan fingerprint density at radius 3 is 2.38 bits per heavy atom. The average Bonchev–Trinajstić information content (AvgIpc) is 2.63. The Labute approximate surface area is 152 Å². The standard InChI is InChI=1S/C20H23F3N2O/c1-2-26-19-9-4-3-8-18(19)25-12-10-24(11-13-25)15-16-6-5-7-17(14-16)20(21,22)23/h3-9,14H,2,10-13,15H2,1H3. The summed E-state index contributed by atoms with van der Waals surface area (Å²) in [6.45, 7) is 6.36. The molecule has 0 unspecified atom stereocenters. The first kappa shape index (κ1) is 18.6.